The second-order valence-electron chi connectivity index (χ2n) is 4.98. The molecule has 2 nitrogen and oxygen atoms in total. The lowest BCUT2D eigenvalue weighted by Crippen LogP contribution is -2.08. The Balaban J connectivity index is 2.18. The van der Waals surface area contributed by atoms with E-state index in [9.17, 15) is 0 Å². The molecule has 1 N–H and O–H groups in total. The molecule has 0 heterocycles. The van der Waals surface area contributed by atoms with Gasteiger partial charge in [-0.25, -0.2) is 0 Å². The van der Waals surface area contributed by atoms with Gasteiger partial charge in [-0.15, -0.1) is 0 Å². The normalized spacial score (nSPS) is 10.6. The van der Waals surface area contributed by atoms with Crippen LogP contribution in [0, 0.1) is 13.8 Å². The molecule has 2 rings (SSSR count). The van der Waals surface area contributed by atoms with Crippen LogP contribution in [0.4, 0.5) is 0 Å². The van der Waals surface area contributed by atoms with Crippen molar-refractivity contribution in [2.75, 3.05) is 7.05 Å². The zero-order valence-corrected chi connectivity index (χ0v) is 12.9. The number of para-hydroxylation sites is 1. The van der Waals surface area contributed by atoms with Crippen LogP contribution in [0.3, 0.4) is 0 Å². The molecule has 2 aromatic rings. The van der Waals surface area contributed by atoms with E-state index in [2.05, 4.69) is 30.4 Å². The van der Waals surface area contributed by atoms with Gasteiger partial charge in [-0.05, 0) is 38.1 Å². The Morgan fingerprint density at radius 2 is 1.90 bits per heavy atom. The number of benzene rings is 2. The Labute approximate surface area is 125 Å². The van der Waals surface area contributed by atoms with Crippen LogP contribution in [0.2, 0.25) is 5.02 Å². The first-order chi connectivity index (χ1) is 9.61. The third kappa shape index (κ3) is 3.53. The summed E-state index contributed by atoms with van der Waals surface area (Å²) >= 11 is 6.24. The lowest BCUT2D eigenvalue weighted by molar-refractivity contribution is 0.300. The Kier molecular flexibility index (Phi) is 5.05. The van der Waals surface area contributed by atoms with E-state index in [-0.39, 0.29) is 0 Å². The maximum Gasteiger partial charge on any atom is 0.127 e. The van der Waals surface area contributed by atoms with Crippen molar-refractivity contribution in [1.82, 2.24) is 5.32 Å². The highest BCUT2D eigenvalue weighted by molar-refractivity contribution is 6.31. The first kappa shape index (κ1) is 14.9. The lowest BCUT2D eigenvalue weighted by Gasteiger charge is -2.15. The molecular weight excluding hydrogens is 270 g/mol. The van der Waals surface area contributed by atoms with E-state index in [1.54, 1.807) is 0 Å². The molecule has 2 aromatic carbocycles. The van der Waals surface area contributed by atoms with Crippen LogP contribution in [-0.4, -0.2) is 7.05 Å². The first-order valence-electron chi connectivity index (χ1n) is 6.72. The van der Waals surface area contributed by atoms with Gasteiger partial charge in [0.1, 0.15) is 12.4 Å². The molecule has 0 fully saturated rings. The van der Waals surface area contributed by atoms with Gasteiger partial charge in [0, 0.05) is 22.7 Å². The Bertz CT molecular complexity index is 596. The zero-order chi connectivity index (χ0) is 14.5. The highest BCUT2D eigenvalue weighted by atomic mass is 35.5. The fraction of sp³-hybridized carbons (Fsp3) is 0.294. The second-order valence-corrected chi connectivity index (χ2v) is 5.38. The number of nitrogens with one attached hydrogen (secondary N) is 1. The van der Waals surface area contributed by atoms with Gasteiger partial charge in [0.25, 0.3) is 0 Å². The molecule has 0 unspecified atom stereocenters. The van der Waals surface area contributed by atoms with Crippen molar-refractivity contribution in [3.05, 3.63) is 63.7 Å². The van der Waals surface area contributed by atoms with E-state index in [0.717, 1.165) is 39.6 Å². The molecular formula is C17H20ClNO. The van der Waals surface area contributed by atoms with Gasteiger partial charge in [0.05, 0.1) is 0 Å². The van der Waals surface area contributed by atoms with E-state index in [1.165, 1.54) is 0 Å². The molecule has 0 atom stereocenters. The fourth-order valence-corrected chi connectivity index (χ4v) is 2.46. The van der Waals surface area contributed by atoms with E-state index in [4.69, 9.17) is 16.3 Å². The summed E-state index contributed by atoms with van der Waals surface area (Å²) in [6, 6.07) is 12.2. The highest BCUT2D eigenvalue weighted by Gasteiger charge is 2.08. The minimum Gasteiger partial charge on any atom is -0.488 e. The van der Waals surface area contributed by atoms with Gasteiger partial charge in [0.2, 0.25) is 0 Å². The number of rotatable bonds is 5. The molecule has 0 spiro atoms. The van der Waals surface area contributed by atoms with E-state index < -0.39 is 0 Å². The predicted molar refractivity (Wildman–Crippen MR) is 84.5 cm³/mol. The minimum absolute atomic E-state index is 0.487. The van der Waals surface area contributed by atoms with Crippen LogP contribution >= 0.6 is 11.6 Å². The van der Waals surface area contributed by atoms with Crippen molar-refractivity contribution in [3.8, 4) is 5.75 Å². The second kappa shape index (κ2) is 6.78. The smallest absolute Gasteiger partial charge is 0.127 e. The topological polar surface area (TPSA) is 21.3 Å². The highest BCUT2D eigenvalue weighted by Crippen LogP contribution is 2.26. The van der Waals surface area contributed by atoms with Gasteiger partial charge in [-0.2, -0.15) is 0 Å². The summed E-state index contributed by atoms with van der Waals surface area (Å²) in [4.78, 5) is 0. The van der Waals surface area contributed by atoms with Crippen LogP contribution in [0.25, 0.3) is 0 Å². The molecule has 0 saturated carbocycles. The number of halogens is 1. The van der Waals surface area contributed by atoms with Crippen LogP contribution in [0.5, 0.6) is 5.75 Å². The third-order valence-electron chi connectivity index (χ3n) is 3.24. The maximum atomic E-state index is 6.24. The van der Waals surface area contributed by atoms with Crippen molar-refractivity contribution < 1.29 is 4.74 Å². The summed E-state index contributed by atoms with van der Waals surface area (Å²) < 4.78 is 6.00. The average molecular weight is 290 g/mol. The third-order valence-corrected chi connectivity index (χ3v) is 3.59. The molecule has 3 heteroatoms. The van der Waals surface area contributed by atoms with Crippen molar-refractivity contribution >= 4 is 11.6 Å². The Morgan fingerprint density at radius 3 is 2.60 bits per heavy atom. The van der Waals surface area contributed by atoms with Crippen molar-refractivity contribution in [2.45, 2.75) is 27.0 Å². The van der Waals surface area contributed by atoms with Gasteiger partial charge in [-0.3, -0.25) is 0 Å². The molecule has 0 amide bonds. The summed E-state index contributed by atoms with van der Waals surface area (Å²) in [6.45, 7) is 5.37. The molecule has 0 aliphatic heterocycles. The number of hydrogen-bond acceptors (Lipinski definition) is 2. The Hall–Kier alpha value is -1.51. The van der Waals surface area contributed by atoms with Crippen LogP contribution in [0.1, 0.15) is 22.3 Å². The number of aryl methyl sites for hydroxylation is 2. The molecule has 20 heavy (non-hydrogen) atoms. The quantitative estimate of drug-likeness (QED) is 0.888. The van der Waals surface area contributed by atoms with Gasteiger partial charge < -0.3 is 10.1 Å². The summed E-state index contributed by atoms with van der Waals surface area (Å²) in [5.74, 6) is 0.943. The summed E-state index contributed by atoms with van der Waals surface area (Å²) in [5, 5.41) is 3.92. The summed E-state index contributed by atoms with van der Waals surface area (Å²) in [6.07, 6.45) is 0. The number of hydrogen-bond donors (Lipinski definition) is 1. The first-order valence-corrected chi connectivity index (χ1v) is 7.10. The van der Waals surface area contributed by atoms with E-state index in [0.29, 0.717) is 6.61 Å². The predicted octanol–water partition coefficient (Wildman–Crippen LogP) is 4.26. The average Bonchev–Trinajstić information content (AvgIpc) is 2.40. The largest absolute Gasteiger partial charge is 0.488 e. The standard InChI is InChI=1S/C17H20ClNO/c1-12-7-8-15(16(18)9-12)11-20-17-13(2)5-4-6-14(17)10-19-3/h4-9,19H,10-11H2,1-3H3. The van der Waals surface area contributed by atoms with E-state index in [1.807, 2.05) is 32.2 Å². The molecule has 0 saturated heterocycles. The van der Waals surface area contributed by atoms with E-state index >= 15 is 0 Å². The SMILES string of the molecule is CNCc1cccc(C)c1OCc1ccc(C)cc1Cl. The summed E-state index contributed by atoms with van der Waals surface area (Å²) in [5.41, 5.74) is 4.47. The van der Waals surface area contributed by atoms with Crippen LogP contribution in [0.15, 0.2) is 36.4 Å². The van der Waals surface area contributed by atoms with Crippen molar-refractivity contribution in [1.29, 1.82) is 0 Å². The van der Waals surface area contributed by atoms with Gasteiger partial charge in [0.15, 0.2) is 0 Å². The van der Waals surface area contributed by atoms with Gasteiger partial charge >= 0.3 is 0 Å². The zero-order valence-electron chi connectivity index (χ0n) is 12.2. The van der Waals surface area contributed by atoms with Crippen LogP contribution in [-0.2, 0) is 13.2 Å². The van der Waals surface area contributed by atoms with Crippen LogP contribution < -0.4 is 10.1 Å². The molecule has 0 aliphatic carbocycles. The monoisotopic (exact) mass is 289 g/mol. The molecule has 0 bridgehead atoms. The fourth-order valence-electron chi connectivity index (χ4n) is 2.17. The lowest BCUT2D eigenvalue weighted by atomic mass is 10.1. The molecule has 106 valence electrons. The molecule has 0 aromatic heterocycles. The number of ether oxygens (including phenoxy) is 1. The maximum absolute atomic E-state index is 6.24. The summed E-state index contributed by atoms with van der Waals surface area (Å²) in [7, 11) is 1.93. The van der Waals surface area contributed by atoms with Crippen molar-refractivity contribution in [2.24, 2.45) is 0 Å². The Morgan fingerprint density at radius 1 is 1.10 bits per heavy atom. The molecule has 0 aliphatic rings. The van der Waals surface area contributed by atoms with Crippen molar-refractivity contribution in [3.63, 3.8) is 0 Å². The minimum atomic E-state index is 0.487. The van der Waals surface area contributed by atoms with Gasteiger partial charge in [-0.1, -0.05) is 41.9 Å². The molecule has 0 radical (unpaired) electrons.